The number of rotatable bonds is 4. The SMILES string of the molecule is N#Cc1cc(COc2ccccc2[B-](F)(F)F)ccn1. The molecule has 20 heavy (non-hydrogen) atoms. The van der Waals surface area contributed by atoms with Gasteiger partial charge in [-0.05, 0) is 23.8 Å². The average molecular weight is 277 g/mol. The van der Waals surface area contributed by atoms with Crippen molar-refractivity contribution in [1.29, 1.82) is 5.26 Å². The van der Waals surface area contributed by atoms with E-state index in [1.54, 1.807) is 6.07 Å². The topological polar surface area (TPSA) is 45.9 Å². The van der Waals surface area contributed by atoms with E-state index in [4.69, 9.17) is 10.00 Å². The molecule has 2 rings (SSSR count). The summed E-state index contributed by atoms with van der Waals surface area (Å²) >= 11 is 0. The molecule has 1 heterocycles. The number of nitriles is 1. The molecule has 0 aliphatic carbocycles. The van der Waals surface area contributed by atoms with Crippen LogP contribution in [0.3, 0.4) is 0 Å². The highest BCUT2D eigenvalue weighted by Gasteiger charge is 2.28. The summed E-state index contributed by atoms with van der Waals surface area (Å²) in [5.41, 5.74) is 0.0162. The molecule has 0 aliphatic rings. The van der Waals surface area contributed by atoms with Crippen LogP contribution in [0.25, 0.3) is 0 Å². The van der Waals surface area contributed by atoms with Gasteiger partial charge in [0.1, 0.15) is 18.4 Å². The van der Waals surface area contributed by atoms with Crippen molar-refractivity contribution in [1.82, 2.24) is 4.98 Å². The summed E-state index contributed by atoms with van der Waals surface area (Å²) in [6.07, 6.45) is 1.41. The summed E-state index contributed by atoms with van der Waals surface area (Å²) in [5, 5.41) is 8.70. The molecule has 0 bridgehead atoms. The molecule has 0 saturated heterocycles. The monoisotopic (exact) mass is 277 g/mol. The fraction of sp³-hybridized carbons (Fsp3) is 0.0769. The second-order valence-corrected chi connectivity index (χ2v) is 4.06. The number of hydrogen-bond donors (Lipinski definition) is 0. The van der Waals surface area contributed by atoms with Gasteiger partial charge in [0.15, 0.2) is 0 Å². The highest BCUT2D eigenvalue weighted by molar-refractivity contribution is 6.74. The molecule has 0 atom stereocenters. The van der Waals surface area contributed by atoms with Gasteiger partial charge in [-0.2, -0.15) is 5.26 Å². The van der Waals surface area contributed by atoms with E-state index in [0.29, 0.717) is 5.56 Å². The zero-order valence-corrected chi connectivity index (χ0v) is 10.3. The fourth-order valence-corrected chi connectivity index (χ4v) is 1.67. The standard InChI is InChI=1S/C13H9BF3N2O/c15-14(16,17)12-3-1-2-4-13(12)20-9-10-5-6-19-11(7-10)8-18/h1-7H,9H2/q-1. The Labute approximate surface area is 113 Å². The van der Waals surface area contributed by atoms with E-state index in [1.807, 2.05) is 6.07 Å². The summed E-state index contributed by atoms with van der Waals surface area (Å²) in [4.78, 5) is 3.78. The number of hydrogen-bond acceptors (Lipinski definition) is 3. The van der Waals surface area contributed by atoms with E-state index in [0.717, 1.165) is 6.07 Å². The summed E-state index contributed by atoms with van der Waals surface area (Å²) in [7, 11) is 0. The molecule has 2 aromatic rings. The summed E-state index contributed by atoms with van der Waals surface area (Å²) in [6, 6.07) is 9.98. The maximum absolute atomic E-state index is 12.8. The Kier molecular flexibility index (Phi) is 3.94. The first-order valence-electron chi connectivity index (χ1n) is 5.77. The summed E-state index contributed by atoms with van der Waals surface area (Å²) in [5.74, 6) is -0.213. The van der Waals surface area contributed by atoms with Gasteiger partial charge in [0, 0.05) is 6.20 Å². The van der Waals surface area contributed by atoms with Gasteiger partial charge >= 0.3 is 6.98 Å². The van der Waals surface area contributed by atoms with Crippen LogP contribution in [0.15, 0.2) is 42.6 Å². The second-order valence-electron chi connectivity index (χ2n) is 4.06. The molecule has 102 valence electrons. The fourth-order valence-electron chi connectivity index (χ4n) is 1.67. The van der Waals surface area contributed by atoms with Crippen LogP contribution in [0.1, 0.15) is 11.3 Å². The molecule has 0 unspecified atom stereocenters. The molecule has 3 nitrogen and oxygen atoms in total. The zero-order valence-electron chi connectivity index (χ0n) is 10.3. The molecule has 0 radical (unpaired) electrons. The summed E-state index contributed by atoms with van der Waals surface area (Å²) in [6.45, 7) is -5.18. The van der Waals surface area contributed by atoms with Crippen LogP contribution < -0.4 is 10.2 Å². The van der Waals surface area contributed by atoms with E-state index in [2.05, 4.69) is 4.98 Å². The maximum atomic E-state index is 12.8. The molecule has 1 aromatic carbocycles. The lowest BCUT2D eigenvalue weighted by atomic mass is 9.79. The zero-order chi connectivity index (χ0) is 14.6. The smallest absolute Gasteiger partial charge is 0.492 e. The van der Waals surface area contributed by atoms with Crippen LogP contribution in [0, 0.1) is 11.3 Å². The van der Waals surface area contributed by atoms with Crippen molar-refractivity contribution in [3.8, 4) is 11.8 Å². The Morgan fingerprint density at radius 2 is 1.95 bits per heavy atom. The van der Waals surface area contributed by atoms with Crippen LogP contribution in [0.2, 0.25) is 0 Å². The van der Waals surface area contributed by atoms with Crippen molar-refractivity contribution < 1.29 is 17.7 Å². The number of para-hydroxylation sites is 1. The van der Waals surface area contributed by atoms with Crippen molar-refractivity contribution in [3.05, 3.63) is 53.9 Å². The van der Waals surface area contributed by atoms with Crippen LogP contribution >= 0.6 is 0 Å². The molecule has 1 aromatic heterocycles. The van der Waals surface area contributed by atoms with E-state index in [1.165, 1.54) is 30.5 Å². The number of halogens is 3. The van der Waals surface area contributed by atoms with Crippen LogP contribution in [-0.4, -0.2) is 12.0 Å². The first-order chi connectivity index (χ1) is 9.50. The third-order valence-corrected chi connectivity index (χ3v) is 2.60. The number of nitrogens with zero attached hydrogens (tertiary/aromatic N) is 2. The highest BCUT2D eigenvalue weighted by Crippen LogP contribution is 2.18. The predicted molar refractivity (Wildman–Crippen MR) is 68.4 cm³/mol. The second kappa shape index (κ2) is 5.65. The Balaban J connectivity index is 2.17. The van der Waals surface area contributed by atoms with Crippen molar-refractivity contribution in [3.63, 3.8) is 0 Å². The van der Waals surface area contributed by atoms with Crippen LogP contribution in [0.4, 0.5) is 12.9 Å². The van der Waals surface area contributed by atoms with E-state index in [-0.39, 0.29) is 18.1 Å². The Morgan fingerprint density at radius 3 is 2.65 bits per heavy atom. The van der Waals surface area contributed by atoms with Crippen LogP contribution in [0.5, 0.6) is 5.75 Å². The first kappa shape index (κ1) is 13.9. The molecule has 0 aliphatic heterocycles. The molecule has 0 amide bonds. The first-order valence-corrected chi connectivity index (χ1v) is 5.77. The van der Waals surface area contributed by atoms with Crippen LogP contribution in [-0.2, 0) is 6.61 Å². The van der Waals surface area contributed by atoms with Crippen molar-refractivity contribution >= 4 is 12.4 Å². The average Bonchev–Trinajstić information content (AvgIpc) is 2.44. The Bertz CT molecular complexity index is 653. The number of pyridine rings is 1. The lowest BCUT2D eigenvalue weighted by Crippen LogP contribution is -2.35. The summed E-state index contributed by atoms with van der Waals surface area (Å²) < 4.78 is 43.7. The third kappa shape index (κ3) is 3.29. The minimum Gasteiger partial charge on any atom is -0.492 e. The van der Waals surface area contributed by atoms with Gasteiger partial charge in [-0.3, -0.25) is 0 Å². The highest BCUT2D eigenvalue weighted by atomic mass is 19.4. The molecule has 7 heteroatoms. The number of aromatic nitrogens is 1. The molecular formula is C13H9BF3N2O-. The Morgan fingerprint density at radius 1 is 1.20 bits per heavy atom. The minimum absolute atomic E-state index is 0.0552. The maximum Gasteiger partial charge on any atom is 0.513 e. The van der Waals surface area contributed by atoms with Gasteiger partial charge in [-0.15, -0.1) is 0 Å². The van der Waals surface area contributed by atoms with Crippen molar-refractivity contribution in [2.75, 3.05) is 0 Å². The quantitative estimate of drug-likeness (QED) is 0.807. The third-order valence-electron chi connectivity index (χ3n) is 2.60. The molecule has 0 N–H and O–H groups in total. The van der Waals surface area contributed by atoms with Gasteiger partial charge in [0.05, 0.1) is 5.75 Å². The van der Waals surface area contributed by atoms with Gasteiger partial charge in [-0.1, -0.05) is 23.7 Å². The lowest BCUT2D eigenvalue weighted by Gasteiger charge is -2.19. The molecule has 0 spiro atoms. The largest absolute Gasteiger partial charge is 0.513 e. The predicted octanol–water partition coefficient (Wildman–Crippen LogP) is 2.59. The lowest BCUT2D eigenvalue weighted by molar-refractivity contribution is 0.307. The van der Waals surface area contributed by atoms with Gasteiger partial charge in [0.2, 0.25) is 0 Å². The number of benzene rings is 1. The van der Waals surface area contributed by atoms with E-state index < -0.39 is 12.4 Å². The van der Waals surface area contributed by atoms with E-state index in [9.17, 15) is 12.9 Å². The van der Waals surface area contributed by atoms with Crippen molar-refractivity contribution in [2.24, 2.45) is 0 Å². The Hall–Kier alpha value is -2.49. The minimum atomic E-state index is -5.12. The van der Waals surface area contributed by atoms with Gasteiger partial charge < -0.3 is 17.7 Å². The van der Waals surface area contributed by atoms with Gasteiger partial charge in [0.25, 0.3) is 0 Å². The molecular weight excluding hydrogens is 268 g/mol. The van der Waals surface area contributed by atoms with Gasteiger partial charge in [-0.25, -0.2) is 4.98 Å². The van der Waals surface area contributed by atoms with Crippen molar-refractivity contribution in [2.45, 2.75) is 6.61 Å². The van der Waals surface area contributed by atoms with E-state index >= 15 is 0 Å². The number of ether oxygens (including phenoxy) is 1. The molecule has 0 fully saturated rings. The normalized spacial score (nSPS) is 10.9. The molecule has 0 saturated carbocycles.